The molecule has 0 spiro atoms. The number of ether oxygens (including phenoxy) is 3. The van der Waals surface area contributed by atoms with Gasteiger partial charge in [-0.15, -0.1) is 6.58 Å². The van der Waals surface area contributed by atoms with Gasteiger partial charge in [0.25, 0.3) is 10.0 Å². The summed E-state index contributed by atoms with van der Waals surface area (Å²) in [5, 5.41) is 0. The fraction of sp³-hybridized carbons (Fsp3) is 0.318. The van der Waals surface area contributed by atoms with Crippen LogP contribution >= 0.6 is 0 Å². The van der Waals surface area contributed by atoms with Gasteiger partial charge in [-0.3, -0.25) is 9.52 Å². The second kappa shape index (κ2) is 8.50. The Bertz CT molecular complexity index is 1110. The van der Waals surface area contributed by atoms with Crippen molar-refractivity contribution in [2.75, 3.05) is 37.0 Å². The summed E-state index contributed by atoms with van der Waals surface area (Å²) in [6.07, 6.45) is 1.61. The molecule has 1 aliphatic rings. The summed E-state index contributed by atoms with van der Waals surface area (Å²) >= 11 is 0. The molecule has 0 unspecified atom stereocenters. The number of anilines is 2. The van der Waals surface area contributed by atoms with Crippen LogP contribution in [0.3, 0.4) is 0 Å². The van der Waals surface area contributed by atoms with Crippen molar-refractivity contribution in [1.29, 1.82) is 0 Å². The van der Waals surface area contributed by atoms with Crippen molar-refractivity contribution in [1.82, 2.24) is 0 Å². The van der Waals surface area contributed by atoms with Gasteiger partial charge in [0.1, 0.15) is 28.8 Å². The van der Waals surface area contributed by atoms with E-state index in [4.69, 9.17) is 14.2 Å². The SMILES string of the molecule is C=CCN1C(=O)C(C)(C)COc2ccc(NS(=O)(=O)c3ccc(OC)cc3OC)cc21. The van der Waals surface area contributed by atoms with Crippen molar-refractivity contribution in [2.24, 2.45) is 5.41 Å². The minimum absolute atomic E-state index is 0.0397. The normalized spacial score (nSPS) is 15.4. The number of rotatable bonds is 7. The van der Waals surface area contributed by atoms with E-state index in [1.54, 1.807) is 43.0 Å². The van der Waals surface area contributed by atoms with Gasteiger partial charge in [0.2, 0.25) is 5.91 Å². The standard InChI is InChI=1S/C22H26N2O6S/c1-6-11-24-17-12-15(7-9-18(17)30-14-22(2,3)21(24)25)23-31(26,27)20-10-8-16(28-4)13-19(20)29-5/h6-10,12-13,23H,1,11,14H2,2-5H3. The molecule has 1 N–H and O–H groups in total. The Morgan fingerprint density at radius 1 is 1.19 bits per heavy atom. The molecule has 0 atom stereocenters. The summed E-state index contributed by atoms with van der Waals surface area (Å²) in [7, 11) is -1.11. The zero-order valence-corrected chi connectivity index (χ0v) is 18.8. The van der Waals surface area contributed by atoms with E-state index in [0.717, 1.165) is 0 Å². The van der Waals surface area contributed by atoms with Crippen LogP contribution < -0.4 is 23.8 Å². The molecule has 31 heavy (non-hydrogen) atoms. The van der Waals surface area contributed by atoms with Gasteiger partial charge in [-0.1, -0.05) is 6.08 Å². The number of nitrogens with one attached hydrogen (secondary N) is 1. The van der Waals surface area contributed by atoms with Gasteiger partial charge in [-0.05, 0) is 44.2 Å². The number of hydrogen-bond acceptors (Lipinski definition) is 6. The van der Waals surface area contributed by atoms with Crippen LogP contribution in [0.25, 0.3) is 0 Å². The van der Waals surface area contributed by atoms with Gasteiger partial charge < -0.3 is 19.1 Å². The summed E-state index contributed by atoms with van der Waals surface area (Å²) in [6.45, 7) is 7.80. The fourth-order valence-electron chi connectivity index (χ4n) is 3.23. The molecule has 8 nitrogen and oxygen atoms in total. The molecule has 0 bridgehead atoms. The Balaban J connectivity index is 2.00. The first-order valence-corrected chi connectivity index (χ1v) is 11.1. The van der Waals surface area contributed by atoms with Crippen molar-refractivity contribution >= 4 is 27.3 Å². The van der Waals surface area contributed by atoms with Gasteiger partial charge in [-0.25, -0.2) is 8.42 Å². The molecule has 0 aliphatic carbocycles. The summed E-state index contributed by atoms with van der Waals surface area (Å²) in [6, 6.07) is 9.24. The van der Waals surface area contributed by atoms with E-state index in [1.807, 2.05) is 0 Å². The van der Waals surface area contributed by atoms with Crippen LogP contribution in [0, 0.1) is 5.41 Å². The molecule has 2 aromatic rings. The molecular weight excluding hydrogens is 420 g/mol. The van der Waals surface area contributed by atoms with Gasteiger partial charge in [0, 0.05) is 12.6 Å². The number of carbonyl (C=O) groups excluding carboxylic acids is 1. The molecule has 0 aromatic heterocycles. The number of benzene rings is 2. The lowest BCUT2D eigenvalue weighted by Gasteiger charge is -2.27. The maximum Gasteiger partial charge on any atom is 0.265 e. The lowest BCUT2D eigenvalue weighted by molar-refractivity contribution is -0.127. The first kappa shape index (κ1) is 22.5. The average Bonchev–Trinajstić information content (AvgIpc) is 2.83. The van der Waals surface area contributed by atoms with E-state index in [0.29, 0.717) is 17.2 Å². The van der Waals surface area contributed by atoms with Crippen LogP contribution in [-0.4, -0.2) is 41.7 Å². The first-order chi connectivity index (χ1) is 14.6. The molecule has 1 aliphatic heterocycles. The zero-order valence-electron chi connectivity index (χ0n) is 18.0. The molecule has 0 saturated carbocycles. The van der Waals surface area contributed by atoms with Crippen molar-refractivity contribution in [3.63, 3.8) is 0 Å². The van der Waals surface area contributed by atoms with Crippen LogP contribution in [0.2, 0.25) is 0 Å². The minimum atomic E-state index is -3.98. The second-order valence-corrected chi connectivity index (χ2v) is 9.33. The third-order valence-corrected chi connectivity index (χ3v) is 6.31. The third kappa shape index (κ3) is 4.46. The molecule has 2 aromatic carbocycles. The molecule has 9 heteroatoms. The number of hydrogen-bond donors (Lipinski definition) is 1. The van der Waals surface area contributed by atoms with Gasteiger partial charge in [0.15, 0.2) is 0 Å². The lowest BCUT2D eigenvalue weighted by Crippen LogP contribution is -2.42. The van der Waals surface area contributed by atoms with E-state index >= 15 is 0 Å². The summed E-state index contributed by atoms with van der Waals surface area (Å²) in [5.74, 6) is 0.975. The van der Waals surface area contributed by atoms with Crippen LogP contribution in [-0.2, 0) is 14.8 Å². The predicted octanol–water partition coefficient (Wildman–Crippen LogP) is 3.44. The number of nitrogens with zero attached hydrogens (tertiary/aromatic N) is 1. The molecular formula is C22H26N2O6S. The van der Waals surface area contributed by atoms with Crippen LogP contribution in [0.5, 0.6) is 17.2 Å². The molecule has 166 valence electrons. The third-order valence-electron chi connectivity index (χ3n) is 4.89. The topological polar surface area (TPSA) is 94.2 Å². The summed E-state index contributed by atoms with van der Waals surface area (Å²) in [5.41, 5.74) is 0.0113. The van der Waals surface area contributed by atoms with Gasteiger partial charge in [0.05, 0.1) is 31.0 Å². The van der Waals surface area contributed by atoms with E-state index in [1.165, 1.54) is 32.4 Å². The highest BCUT2D eigenvalue weighted by Gasteiger charge is 2.37. The number of methoxy groups -OCH3 is 2. The number of amides is 1. The van der Waals surface area contributed by atoms with E-state index in [9.17, 15) is 13.2 Å². The predicted molar refractivity (Wildman–Crippen MR) is 119 cm³/mol. The lowest BCUT2D eigenvalue weighted by atomic mass is 9.93. The minimum Gasteiger partial charge on any atom is -0.497 e. The van der Waals surface area contributed by atoms with Crippen LogP contribution in [0.1, 0.15) is 13.8 Å². The Morgan fingerprint density at radius 2 is 1.94 bits per heavy atom. The summed E-state index contributed by atoms with van der Waals surface area (Å²) in [4.78, 5) is 14.5. The van der Waals surface area contributed by atoms with Crippen molar-refractivity contribution < 1.29 is 27.4 Å². The number of sulfonamides is 1. The van der Waals surface area contributed by atoms with E-state index in [2.05, 4.69) is 11.3 Å². The van der Waals surface area contributed by atoms with E-state index in [-0.39, 0.29) is 35.4 Å². The number of fused-ring (bicyclic) bond motifs is 1. The molecule has 0 saturated heterocycles. The first-order valence-electron chi connectivity index (χ1n) is 9.57. The van der Waals surface area contributed by atoms with E-state index < -0.39 is 15.4 Å². The Morgan fingerprint density at radius 3 is 2.58 bits per heavy atom. The van der Waals surface area contributed by atoms with Crippen molar-refractivity contribution in [3.8, 4) is 17.2 Å². The van der Waals surface area contributed by atoms with Crippen molar-refractivity contribution in [3.05, 3.63) is 49.1 Å². The summed E-state index contributed by atoms with van der Waals surface area (Å²) < 4.78 is 44.8. The molecule has 1 amide bonds. The monoisotopic (exact) mass is 446 g/mol. The largest absolute Gasteiger partial charge is 0.497 e. The van der Waals surface area contributed by atoms with Crippen molar-refractivity contribution in [2.45, 2.75) is 18.7 Å². The number of carbonyl (C=O) groups is 1. The molecule has 0 fully saturated rings. The Kier molecular flexibility index (Phi) is 6.17. The fourth-order valence-corrected chi connectivity index (χ4v) is 4.43. The average molecular weight is 447 g/mol. The Hall–Kier alpha value is -3.20. The second-order valence-electron chi connectivity index (χ2n) is 7.68. The van der Waals surface area contributed by atoms with Crippen LogP contribution in [0.15, 0.2) is 53.9 Å². The quantitative estimate of drug-likeness (QED) is 0.655. The zero-order chi connectivity index (χ0) is 22.8. The molecule has 1 heterocycles. The molecule has 3 rings (SSSR count). The van der Waals surface area contributed by atoms with Gasteiger partial charge >= 0.3 is 0 Å². The van der Waals surface area contributed by atoms with Crippen LogP contribution in [0.4, 0.5) is 11.4 Å². The maximum atomic E-state index is 13.0. The highest BCUT2D eigenvalue weighted by Crippen LogP contribution is 2.39. The Labute approximate surface area is 182 Å². The highest BCUT2D eigenvalue weighted by molar-refractivity contribution is 7.92. The smallest absolute Gasteiger partial charge is 0.265 e. The highest BCUT2D eigenvalue weighted by atomic mass is 32.2. The molecule has 0 radical (unpaired) electrons. The maximum absolute atomic E-state index is 13.0. The van der Waals surface area contributed by atoms with Gasteiger partial charge in [-0.2, -0.15) is 0 Å².